The zero-order valence-electron chi connectivity index (χ0n) is 13.2. The van der Waals surface area contributed by atoms with E-state index in [1.165, 1.54) is 0 Å². The van der Waals surface area contributed by atoms with Crippen molar-refractivity contribution in [1.29, 1.82) is 5.41 Å². The largest absolute Gasteiger partial charge is 0.370 e. The number of carbonyl (C=O) groups excluding carboxylic acids is 1. The van der Waals surface area contributed by atoms with Crippen LogP contribution < -0.4 is 16.4 Å². The highest BCUT2D eigenvalue weighted by Gasteiger charge is 2.30. The molecular formula is C16H19N4O4P. The van der Waals surface area contributed by atoms with Crippen molar-refractivity contribution < 1.29 is 19.1 Å². The maximum Gasteiger partial charge on any atom is 0.347 e. The Kier molecular flexibility index (Phi) is 5.93. The third-order valence-corrected chi connectivity index (χ3v) is 4.53. The number of rotatable bonds is 6. The molecule has 0 bridgehead atoms. The Bertz CT molecular complexity index is 790. The summed E-state index contributed by atoms with van der Waals surface area (Å²) >= 11 is 0. The number of nitrogens with two attached hydrogens (primary N) is 1. The van der Waals surface area contributed by atoms with Gasteiger partial charge in [-0.3, -0.25) is 14.8 Å². The van der Waals surface area contributed by atoms with Crippen molar-refractivity contribution in [2.75, 3.05) is 5.32 Å². The molecule has 2 aromatic rings. The van der Waals surface area contributed by atoms with Gasteiger partial charge in [0, 0.05) is 17.7 Å². The van der Waals surface area contributed by atoms with Crippen LogP contribution in [0.3, 0.4) is 0 Å². The predicted octanol–water partition coefficient (Wildman–Crippen LogP) is 1.47. The number of anilines is 1. The Hall–Kier alpha value is -2.67. The summed E-state index contributed by atoms with van der Waals surface area (Å²) in [6, 6.07) is 14.8. The third kappa shape index (κ3) is 5.72. The normalized spacial score (nSPS) is 12.2. The van der Waals surface area contributed by atoms with Crippen LogP contribution in [0.2, 0.25) is 0 Å². The number of guanidine groups is 1. The van der Waals surface area contributed by atoms with E-state index in [0.717, 1.165) is 0 Å². The second-order valence-electron chi connectivity index (χ2n) is 5.38. The summed E-state index contributed by atoms with van der Waals surface area (Å²) < 4.78 is 11.7. The molecule has 0 saturated carbocycles. The monoisotopic (exact) mass is 362 g/mol. The smallest absolute Gasteiger partial charge is 0.347 e. The molecule has 0 aliphatic rings. The molecule has 0 spiro atoms. The molecular weight excluding hydrogens is 343 g/mol. The molecule has 132 valence electrons. The topological polar surface area (TPSA) is 149 Å². The van der Waals surface area contributed by atoms with Gasteiger partial charge < -0.3 is 26.2 Å². The quantitative estimate of drug-likeness (QED) is 0.260. The first-order valence-corrected chi connectivity index (χ1v) is 9.05. The van der Waals surface area contributed by atoms with Crippen molar-refractivity contribution in [3.05, 3.63) is 65.7 Å². The van der Waals surface area contributed by atoms with Crippen LogP contribution in [0.5, 0.6) is 0 Å². The average Bonchev–Trinajstić information content (AvgIpc) is 2.55. The molecule has 0 aliphatic carbocycles. The number of hydrogen-bond acceptors (Lipinski definition) is 3. The molecule has 0 heterocycles. The van der Waals surface area contributed by atoms with E-state index in [1.807, 2.05) is 0 Å². The molecule has 2 rings (SSSR count). The molecule has 0 aliphatic heterocycles. The van der Waals surface area contributed by atoms with E-state index < -0.39 is 19.3 Å². The minimum absolute atomic E-state index is 0.0385. The summed E-state index contributed by atoms with van der Waals surface area (Å²) in [5.41, 5.74) is 6.76. The third-order valence-electron chi connectivity index (χ3n) is 3.40. The van der Waals surface area contributed by atoms with E-state index >= 15 is 0 Å². The fraction of sp³-hybridized carbons (Fsp3) is 0.125. The highest BCUT2D eigenvalue weighted by Crippen LogP contribution is 2.41. The Balaban J connectivity index is 2.12. The minimum Gasteiger partial charge on any atom is -0.370 e. The Morgan fingerprint density at radius 3 is 2.24 bits per heavy atom. The fourth-order valence-electron chi connectivity index (χ4n) is 2.18. The van der Waals surface area contributed by atoms with Gasteiger partial charge in [-0.05, 0) is 29.8 Å². The Morgan fingerprint density at radius 1 is 1.12 bits per heavy atom. The van der Waals surface area contributed by atoms with Gasteiger partial charge in [0.2, 0.25) is 0 Å². The summed E-state index contributed by atoms with van der Waals surface area (Å²) in [4.78, 5) is 31.3. The van der Waals surface area contributed by atoms with Crippen molar-refractivity contribution in [3.63, 3.8) is 0 Å². The minimum atomic E-state index is -4.55. The molecule has 9 heteroatoms. The average molecular weight is 362 g/mol. The summed E-state index contributed by atoms with van der Waals surface area (Å²) in [5, 5.41) is 12.2. The predicted molar refractivity (Wildman–Crippen MR) is 95.4 cm³/mol. The standard InChI is InChI=1S/C16H19N4O4P/c17-16(18)19-13-8-6-11(7-9-13)10-14(25(22,23)24)20-15(21)12-4-2-1-3-5-12/h1-9,14H,10H2,(H,20,21)(H4,17,18,19)(H2,22,23,24). The first kappa shape index (κ1) is 18.7. The highest BCUT2D eigenvalue weighted by atomic mass is 31.2. The van der Waals surface area contributed by atoms with Crippen LogP contribution in [0, 0.1) is 5.41 Å². The number of hydrogen-bond donors (Lipinski definition) is 6. The van der Waals surface area contributed by atoms with Gasteiger partial charge in [-0.2, -0.15) is 0 Å². The van der Waals surface area contributed by atoms with E-state index in [4.69, 9.17) is 11.1 Å². The van der Waals surface area contributed by atoms with Gasteiger partial charge in [0.15, 0.2) is 5.96 Å². The molecule has 0 fully saturated rings. The molecule has 0 saturated heterocycles. The molecule has 0 radical (unpaired) electrons. The molecule has 8 nitrogen and oxygen atoms in total. The van der Waals surface area contributed by atoms with Crippen LogP contribution in [0.1, 0.15) is 15.9 Å². The lowest BCUT2D eigenvalue weighted by Gasteiger charge is -2.20. The van der Waals surface area contributed by atoms with E-state index in [2.05, 4.69) is 10.6 Å². The van der Waals surface area contributed by atoms with Crippen molar-refractivity contribution in [1.82, 2.24) is 5.32 Å². The van der Waals surface area contributed by atoms with Crippen molar-refractivity contribution in [2.45, 2.75) is 12.2 Å². The summed E-state index contributed by atoms with van der Waals surface area (Å²) in [5.74, 6) is -2.11. The van der Waals surface area contributed by atoms with Gasteiger partial charge in [-0.1, -0.05) is 30.3 Å². The van der Waals surface area contributed by atoms with Gasteiger partial charge in [0.1, 0.15) is 5.78 Å². The van der Waals surface area contributed by atoms with Crippen molar-refractivity contribution in [2.24, 2.45) is 5.73 Å². The van der Waals surface area contributed by atoms with Crippen molar-refractivity contribution >= 4 is 25.1 Å². The second-order valence-corrected chi connectivity index (χ2v) is 7.19. The van der Waals surface area contributed by atoms with Crippen LogP contribution >= 0.6 is 7.60 Å². The van der Waals surface area contributed by atoms with Gasteiger partial charge in [0.25, 0.3) is 5.91 Å². The maximum atomic E-state index is 12.2. The molecule has 0 aromatic heterocycles. The van der Waals surface area contributed by atoms with E-state index in [9.17, 15) is 19.1 Å². The lowest BCUT2D eigenvalue weighted by Crippen LogP contribution is -2.36. The zero-order chi connectivity index (χ0) is 18.4. The fourth-order valence-corrected chi connectivity index (χ4v) is 2.92. The zero-order valence-corrected chi connectivity index (χ0v) is 14.1. The Labute approximate surface area is 144 Å². The van der Waals surface area contributed by atoms with E-state index in [0.29, 0.717) is 16.8 Å². The molecule has 25 heavy (non-hydrogen) atoms. The van der Waals surface area contributed by atoms with Gasteiger partial charge in [0.05, 0.1) is 0 Å². The molecule has 1 atom stereocenters. The maximum absolute atomic E-state index is 12.2. The Morgan fingerprint density at radius 2 is 1.72 bits per heavy atom. The van der Waals surface area contributed by atoms with Crippen LogP contribution in [0.25, 0.3) is 0 Å². The summed E-state index contributed by atoms with van der Waals surface area (Å²) in [7, 11) is -4.55. The van der Waals surface area contributed by atoms with Crippen molar-refractivity contribution in [3.8, 4) is 0 Å². The SMILES string of the molecule is N=C(N)Nc1ccc(CC(NC(=O)c2ccccc2)P(=O)(O)O)cc1. The van der Waals surface area contributed by atoms with Gasteiger partial charge in [-0.15, -0.1) is 0 Å². The first-order chi connectivity index (χ1) is 11.8. The molecule has 1 unspecified atom stereocenters. The number of carbonyl (C=O) groups is 1. The highest BCUT2D eigenvalue weighted by molar-refractivity contribution is 7.52. The molecule has 1 amide bonds. The van der Waals surface area contributed by atoms with Gasteiger partial charge >= 0.3 is 7.60 Å². The van der Waals surface area contributed by atoms with Crippen LogP contribution in [0.4, 0.5) is 5.69 Å². The summed E-state index contributed by atoms with van der Waals surface area (Å²) in [6.07, 6.45) is -0.0385. The second kappa shape index (κ2) is 7.94. The lowest BCUT2D eigenvalue weighted by atomic mass is 10.1. The van der Waals surface area contributed by atoms with Crippen LogP contribution in [-0.2, 0) is 11.0 Å². The van der Waals surface area contributed by atoms with E-state index in [1.54, 1.807) is 54.6 Å². The number of amides is 1. The van der Waals surface area contributed by atoms with E-state index in [-0.39, 0.29) is 12.4 Å². The number of benzene rings is 2. The lowest BCUT2D eigenvalue weighted by molar-refractivity contribution is 0.0943. The first-order valence-electron chi connectivity index (χ1n) is 7.37. The summed E-state index contributed by atoms with van der Waals surface area (Å²) in [6.45, 7) is 0. The number of nitrogens with one attached hydrogen (secondary N) is 3. The van der Waals surface area contributed by atoms with Crippen LogP contribution in [-0.4, -0.2) is 27.4 Å². The van der Waals surface area contributed by atoms with Gasteiger partial charge in [-0.25, -0.2) is 0 Å². The van der Waals surface area contributed by atoms with Crippen LogP contribution in [0.15, 0.2) is 54.6 Å². The molecule has 2 aromatic carbocycles. The molecule has 7 N–H and O–H groups in total.